The first kappa shape index (κ1) is 15.4. The van der Waals surface area contributed by atoms with Crippen LogP contribution in [0, 0.1) is 0 Å². The maximum absolute atomic E-state index is 9.06. The zero-order valence-electron chi connectivity index (χ0n) is 10.8. The van der Waals surface area contributed by atoms with Gasteiger partial charge in [0, 0.05) is 0 Å². The third-order valence-corrected chi connectivity index (χ3v) is 1.94. The molecule has 1 unspecified atom stereocenters. The van der Waals surface area contributed by atoms with E-state index in [0.29, 0.717) is 19.8 Å². The summed E-state index contributed by atoms with van der Waals surface area (Å²) >= 11 is 0. The molecule has 0 aromatic heterocycles. The highest BCUT2D eigenvalue weighted by Gasteiger charge is 2.06. The largest absolute Gasteiger partial charge is 0.394 e. The van der Waals surface area contributed by atoms with Crippen LogP contribution in [-0.2, 0) is 9.47 Å². The molecule has 3 heteroatoms. The second-order valence-corrected chi connectivity index (χ2v) is 4.24. The number of rotatable bonds is 8. The summed E-state index contributed by atoms with van der Waals surface area (Å²) in [5, 5.41) is 9.06. The van der Waals surface area contributed by atoms with Gasteiger partial charge in [0.05, 0.1) is 26.4 Å². The van der Waals surface area contributed by atoms with E-state index in [1.807, 2.05) is 39.8 Å². The normalized spacial score (nSPS) is 12.1. The first-order valence-corrected chi connectivity index (χ1v) is 5.63. The molecule has 0 amide bonds. The molecule has 0 rings (SSSR count). The first-order valence-electron chi connectivity index (χ1n) is 5.63. The minimum Gasteiger partial charge on any atom is -0.394 e. The van der Waals surface area contributed by atoms with Gasteiger partial charge in [-0.1, -0.05) is 23.3 Å². The number of allylic oxidation sites excluding steroid dienone is 2. The molecule has 0 heterocycles. The average Bonchev–Trinajstić information content (AvgIpc) is 2.20. The fourth-order valence-corrected chi connectivity index (χ4v) is 0.929. The Morgan fingerprint density at radius 1 is 1.06 bits per heavy atom. The van der Waals surface area contributed by atoms with Crippen molar-refractivity contribution in [1.29, 1.82) is 0 Å². The van der Waals surface area contributed by atoms with Gasteiger partial charge in [-0.05, 0) is 27.7 Å². The Labute approximate surface area is 98.8 Å². The van der Waals surface area contributed by atoms with Gasteiger partial charge in [0.2, 0.25) is 0 Å². The van der Waals surface area contributed by atoms with Crippen LogP contribution in [0.4, 0.5) is 0 Å². The highest BCUT2D eigenvalue weighted by atomic mass is 16.5. The van der Waals surface area contributed by atoms with Crippen LogP contribution in [0.2, 0.25) is 0 Å². The number of aliphatic hydroxyl groups is 1. The van der Waals surface area contributed by atoms with E-state index in [4.69, 9.17) is 14.6 Å². The molecule has 0 aliphatic heterocycles. The molecule has 0 aromatic carbocycles. The van der Waals surface area contributed by atoms with Crippen molar-refractivity contribution in [3.63, 3.8) is 0 Å². The van der Waals surface area contributed by atoms with Gasteiger partial charge >= 0.3 is 0 Å². The molecule has 0 saturated carbocycles. The topological polar surface area (TPSA) is 38.7 Å². The Balaban J connectivity index is 3.67. The van der Waals surface area contributed by atoms with E-state index < -0.39 is 0 Å². The van der Waals surface area contributed by atoms with Crippen LogP contribution in [-0.4, -0.2) is 37.6 Å². The molecular weight excluding hydrogens is 204 g/mol. The van der Waals surface area contributed by atoms with Crippen molar-refractivity contribution >= 4 is 0 Å². The predicted octanol–water partition coefficient (Wildman–Crippen LogP) is 2.31. The van der Waals surface area contributed by atoms with Crippen molar-refractivity contribution in [2.45, 2.75) is 33.8 Å². The van der Waals surface area contributed by atoms with E-state index in [1.54, 1.807) is 0 Å². The lowest BCUT2D eigenvalue weighted by atomic mass is 10.3. The summed E-state index contributed by atoms with van der Waals surface area (Å²) in [4.78, 5) is 0. The van der Waals surface area contributed by atoms with Crippen molar-refractivity contribution in [1.82, 2.24) is 0 Å². The van der Waals surface area contributed by atoms with Crippen molar-refractivity contribution in [3.8, 4) is 0 Å². The van der Waals surface area contributed by atoms with Gasteiger partial charge in [-0.3, -0.25) is 0 Å². The molecule has 0 spiro atoms. The van der Waals surface area contributed by atoms with Crippen LogP contribution in [0.25, 0.3) is 0 Å². The Bertz CT molecular complexity index is 223. The Hall–Kier alpha value is -0.640. The maximum atomic E-state index is 9.06. The van der Waals surface area contributed by atoms with Crippen molar-refractivity contribution in [3.05, 3.63) is 23.3 Å². The summed E-state index contributed by atoms with van der Waals surface area (Å²) in [5.41, 5.74) is 2.44. The Kier molecular flexibility index (Phi) is 9.19. The summed E-state index contributed by atoms with van der Waals surface area (Å²) in [6, 6.07) is 0. The SMILES string of the molecule is CC(C)=CCOCC(CO)OCC=C(C)C. The molecule has 0 bridgehead atoms. The third kappa shape index (κ3) is 9.90. The van der Waals surface area contributed by atoms with Gasteiger partial charge in [0.15, 0.2) is 0 Å². The monoisotopic (exact) mass is 228 g/mol. The van der Waals surface area contributed by atoms with Crippen LogP contribution in [0.5, 0.6) is 0 Å². The standard InChI is InChI=1S/C13H24O3/c1-11(2)5-7-15-10-13(9-14)16-8-6-12(3)4/h5-6,13-14H,7-10H2,1-4H3. The van der Waals surface area contributed by atoms with Crippen LogP contribution in [0.1, 0.15) is 27.7 Å². The van der Waals surface area contributed by atoms with E-state index in [2.05, 4.69) is 0 Å². The van der Waals surface area contributed by atoms with Gasteiger partial charge in [-0.25, -0.2) is 0 Å². The van der Waals surface area contributed by atoms with Crippen LogP contribution < -0.4 is 0 Å². The summed E-state index contributed by atoms with van der Waals surface area (Å²) in [6.45, 7) is 9.61. The average molecular weight is 228 g/mol. The quantitative estimate of drug-likeness (QED) is 0.512. The lowest BCUT2D eigenvalue weighted by molar-refractivity contribution is -0.0271. The molecule has 3 nitrogen and oxygen atoms in total. The van der Waals surface area contributed by atoms with Gasteiger partial charge < -0.3 is 14.6 Å². The molecule has 0 aliphatic rings. The number of aliphatic hydroxyl groups excluding tert-OH is 1. The van der Waals surface area contributed by atoms with Crippen LogP contribution in [0.3, 0.4) is 0 Å². The Morgan fingerprint density at radius 2 is 1.62 bits per heavy atom. The summed E-state index contributed by atoms with van der Waals surface area (Å²) < 4.78 is 10.8. The molecule has 0 aliphatic carbocycles. The minimum atomic E-state index is -0.235. The third-order valence-electron chi connectivity index (χ3n) is 1.94. The highest BCUT2D eigenvalue weighted by Crippen LogP contribution is 1.97. The van der Waals surface area contributed by atoms with Gasteiger partial charge in [0.1, 0.15) is 6.10 Å². The van der Waals surface area contributed by atoms with Gasteiger partial charge in [-0.15, -0.1) is 0 Å². The molecule has 16 heavy (non-hydrogen) atoms. The zero-order chi connectivity index (χ0) is 12.4. The second kappa shape index (κ2) is 9.58. The highest BCUT2D eigenvalue weighted by molar-refractivity contribution is 4.93. The van der Waals surface area contributed by atoms with Crippen LogP contribution in [0.15, 0.2) is 23.3 Å². The number of ether oxygens (including phenoxy) is 2. The first-order chi connectivity index (χ1) is 7.56. The van der Waals surface area contributed by atoms with Crippen molar-refractivity contribution in [2.75, 3.05) is 26.4 Å². The van der Waals surface area contributed by atoms with E-state index in [1.165, 1.54) is 11.1 Å². The molecular formula is C13H24O3. The number of hydrogen-bond acceptors (Lipinski definition) is 3. The smallest absolute Gasteiger partial charge is 0.104 e. The Morgan fingerprint density at radius 3 is 2.12 bits per heavy atom. The molecule has 0 aromatic rings. The summed E-state index contributed by atoms with van der Waals surface area (Å²) in [7, 11) is 0. The summed E-state index contributed by atoms with van der Waals surface area (Å²) in [6.07, 6.45) is 3.75. The minimum absolute atomic E-state index is 0.00851. The van der Waals surface area contributed by atoms with Gasteiger partial charge in [0.25, 0.3) is 0 Å². The molecule has 0 radical (unpaired) electrons. The lowest BCUT2D eigenvalue weighted by Crippen LogP contribution is -2.24. The number of hydrogen-bond donors (Lipinski definition) is 1. The fraction of sp³-hybridized carbons (Fsp3) is 0.692. The summed E-state index contributed by atoms with van der Waals surface area (Å²) in [5.74, 6) is 0. The predicted molar refractivity (Wildman–Crippen MR) is 66.5 cm³/mol. The molecule has 0 saturated heterocycles. The molecule has 94 valence electrons. The van der Waals surface area contributed by atoms with Crippen molar-refractivity contribution in [2.24, 2.45) is 0 Å². The zero-order valence-corrected chi connectivity index (χ0v) is 10.8. The molecule has 0 fully saturated rings. The molecule has 1 N–H and O–H groups in total. The van der Waals surface area contributed by atoms with E-state index >= 15 is 0 Å². The van der Waals surface area contributed by atoms with E-state index in [9.17, 15) is 0 Å². The maximum Gasteiger partial charge on any atom is 0.104 e. The lowest BCUT2D eigenvalue weighted by Gasteiger charge is -2.14. The fourth-order valence-electron chi connectivity index (χ4n) is 0.929. The van der Waals surface area contributed by atoms with Crippen molar-refractivity contribution < 1.29 is 14.6 Å². The van der Waals surface area contributed by atoms with E-state index in [0.717, 1.165) is 0 Å². The molecule has 1 atom stereocenters. The van der Waals surface area contributed by atoms with Crippen LogP contribution >= 0.6 is 0 Å². The van der Waals surface area contributed by atoms with E-state index in [-0.39, 0.29) is 12.7 Å². The van der Waals surface area contributed by atoms with Gasteiger partial charge in [-0.2, -0.15) is 0 Å². The second-order valence-electron chi connectivity index (χ2n) is 4.24.